The number of rotatable bonds is 1. The van der Waals surface area contributed by atoms with Gasteiger partial charge in [0.15, 0.2) is 0 Å². The Morgan fingerprint density at radius 2 is 1.55 bits per heavy atom. The molecule has 108 valence electrons. The van der Waals surface area contributed by atoms with Crippen molar-refractivity contribution in [2.75, 3.05) is 13.1 Å². The summed E-state index contributed by atoms with van der Waals surface area (Å²) in [4.78, 5) is -0.0730. The maximum absolute atomic E-state index is 10.8. The van der Waals surface area contributed by atoms with E-state index in [1.165, 1.54) is 44.5 Å². The van der Waals surface area contributed by atoms with Crippen molar-refractivity contribution in [1.82, 2.24) is 5.32 Å². The molecule has 0 atom stereocenters. The lowest BCUT2D eigenvalue weighted by molar-refractivity contribution is 0.483. The van der Waals surface area contributed by atoms with Crippen molar-refractivity contribution in [3.8, 4) is 0 Å². The molecule has 20 heavy (non-hydrogen) atoms. The Labute approximate surface area is 119 Å². The van der Waals surface area contributed by atoms with Crippen LogP contribution in [-0.4, -0.2) is 26.1 Å². The standard InChI is InChI=1S/C10H8O3S.C5H11N/c11-14(12,13)10-6-5-8-3-1-2-4-9(8)7-10;1-2-4-6-5-3-1/h1-7H,(H,11,12,13);6H,1-5H2. The summed E-state index contributed by atoms with van der Waals surface area (Å²) < 4.78 is 30.5. The highest BCUT2D eigenvalue weighted by molar-refractivity contribution is 7.85. The summed E-state index contributed by atoms with van der Waals surface area (Å²) in [5, 5.41) is 5.02. The van der Waals surface area contributed by atoms with Crippen LogP contribution in [-0.2, 0) is 10.1 Å². The molecule has 1 aliphatic rings. The third kappa shape index (κ3) is 4.30. The Morgan fingerprint density at radius 1 is 0.900 bits per heavy atom. The maximum atomic E-state index is 10.8. The molecule has 0 spiro atoms. The summed E-state index contributed by atoms with van der Waals surface area (Å²) in [6.07, 6.45) is 4.22. The van der Waals surface area contributed by atoms with Gasteiger partial charge < -0.3 is 5.32 Å². The first kappa shape index (κ1) is 15.0. The summed E-state index contributed by atoms with van der Waals surface area (Å²) in [6.45, 7) is 2.50. The molecule has 5 heteroatoms. The molecule has 2 aromatic carbocycles. The normalized spacial score (nSPS) is 15.4. The van der Waals surface area contributed by atoms with E-state index in [0.717, 1.165) is 10.8 Å². The van der Waals surface area contributed by atoms with Crippen LogP contribution >= 0.6 is 0 Å². The Bertz CT molecular complexity index is 652. The molecule has 4 nitrogen and oxygen atoms in total. The van der Waals surface area contributed by atoms with Crippen molar-refractivity contribution < 1.29 is 13.0 Å². The molecule has 0 aromatic heterocycles. The lowest BCUT2D eigenvalue weighted by Crippen LogP contribution is -2.21. The van der Waals surface area contributed by atoms with Gasteiger partial charge in [0, 0.05) is 0 Å². The number of hydrogen-bond donors (Lipinski definition) is 2. The highest BCUT2D eigenvalue weighted by atomic mass is 32.2. The molecule has 1 fully saturated rings. The van der Waals surface area contributed by atoms with Crippen LogP contribution in [0.15, 0.2) is 47.4 Å². The minimum Gasteiger partial charge on any atom is -0.317 e. The Hall–Kier alpha value is -1.43. The number of hydrogen-bond acceptors (Lipinski definition) is 3. The molecule has 3 rings (SSSR count). The number of piperidine rings is 1. The fourth-order valence-electron chi connectivity index (χ4n) is 2.13. The van der Waals surface area contributed by atoms with Crippen LogP contribution < -0.4 is 5.32 Å². The molecular formula is C15H19NO3S. The SMILES string of the molecule is C1CCNCC1.O=S(=O)(O)c1ccc2ccccc2c1. The number of benzene rings is 2. The van der Waals surface area contributed by atoms with Gasteiger partial charge in [-0.25, -0.2) is 0 Å². The summed E-state index contributed by atoms with van der Waals surface area (Å²) in [5.41, 5.74) is 0. The minimum absolute atomic E-state index is 0.0730. The molecular weight excluding hydrogens is 274 g/mol. The second-order valence-electron chi connectivity index (χ2n) is 4.79. The lowest BCUT2D eigenvalue weighted by Gasteiger charge is -2.08. The molecule has 0 bridgehead atoms. The van der Waals surface area contributed by atoms with Gasteiger partial charge in [-0.15, -0.1) is 0 Å². The van der Waals surface area contributed by atoms with Crippen LogP contribution in [0.2, 0.25) is 0 Å². The van der Waals surface area contributed by atoms with Gasteiger partial charge in [0.05, 0.1) is 4.90 Å². The summed E-state index contributed by atoms with van der Waals surface area (Å²) in [5.74, 6) is 0. The summed E-state index contributed by atoms with van der Waals surface area (Å²) in [6, 6.07) is 11.9. The van der Waals surface area contributed by atoms with E-state index in [0.29, 0.717) is 0 Å². The van der Waals surface area contributed by atoms with Crippen LogP contribution in [0.3, 0.4) is 0 Å². The monoisotopic (exact) mass is 293 g/mol. The first-order valence-electron chi connectivity index (χ1n) is 6.74. The van der Waals surface area contributed by atoms with Gasteiger partial charge >= 0.3 is 0 Å². The van der Waals surface area contributed by atoms with Gasteiger partial charge in [0.2, 0.25) is 0 Å². The van der Waals surface area contributed by atoms with E-state index in [-0.39, 0.29) is 4.90 Å². The maximum Gasteiger partial charge on any atom is 0.294 e. The van der Waals surface area contributed by atoms with E-state index < -0.39 is 10.1 Å². The number of fused-ring (bicyclic) bond motifs is 1. The third-order valence-electron chi connectivity index (χ3n) is 3.23. The summed E-state index contributed by atoms with van der Waals surface area (Å²) in [7, 11) is -4.09. The minimum atomic E-state index is -4.09. The predicted octanol–water partition coefficient (Wildman–Crippen LogP) is 2.85. The van der Waals surface area contributed by atoms with Crippen molar-refractivity contribution in [2.45, 2.75) is 24.2 Å². The average Bonchev–Trinajstić information content (AvgIpc) is 2.48. The molecule has 1 aliphatic heterocycles. The van der Waals surface area contributed by atoms with Gasteiger partial charge in [-0.2, -0.15) is 8.42 Å². The van der Waals surface area contributed by atoms with E-state index >= 15 is 0 Å². The fourth-order valence-corrected chi connectivity index (χ4v) is 2.65. The van der Waals surface area contributed by atoms with Crippen LogP contribution in [0, 0.1) is 0 Å². The summed E-state index contributed by atoms with van der Waals surface area (Å²) >= 11 is 0. The van der Waals surface area contributed by atoms with Gasteiger partial charge in [0.1, 0.15) is 0 Å². The lowest BCUT2D eigenvalue weighted by atomic mass is 10.1. The molecule has 0 aliphatic carbocycles. The van der Waals surface area contributed by atoms with Gasteiger partial charge in [0.25, 0.3) is 10.1 Å². The highest BCUT2D eigenvalue weighted by Crippen LogP contribution is 2.18. The third-order valence-corrected chi connectivity index (χ3v) is 4.08. The Balaban J connectivity index is 0.000000205. The second kappa shape index (κ2) is 6.83. The van der Waals surface area contributed by atoms with E-state index in [9.17, 15) is 8.42 Å². The van der Waals surface area contributed by atoms with Crippen molar-refractivity contribution in [3.05, 3.63) is 42.5 Å². The van der Waals surface area contributed by atoms with Crippen molar-refractivity contribution in [2.24, 2.45) is 0 Å². The van der Waals surface area contributed by atoms with Crippen molar-refractivity contribution in [1.29, 1.82) is 0 Å². The zero-order chi connectivity index (χ0) is 14.4. The van der Waals surface area contributed by atoms with E-state index in [1.54, 1.807) is 12.1 Å². The zero-order valence-corrected chi connectivity index (χ0v) is 12.1. The van der Waals surface area contributed by atoms with E-state index in [2.05, 4.69) is 5.32 Å². The second-order valence-corrected chi connectivity index (χ2v) is 6.22. The fraction of sp³-hybridized carbons (Fsp3) is 0.333. The molecule has 2 aromatic rings. The Morgan fingerprint density at radius 3 is 2.05 bits per heavy atom. The largest absolute Gasteiger partial charge is 0.317 e. The molecule has 0 saturated carbocycles. The highest BCUT2D eigenvalue weighted by Gasteiger charge is 2.08. The van der Waals surface area contributed by atoms with Crippen LogP contribution in [0.25, 0.3) is 10.8 Å². The quantitative estimate of drug-likeness (QED) is 0.793. The van der Waals surface area contributed by atoms with E-state index in [1.807, 2.05) is 18.2 Å². The van der Waals surface area contributed by atoms with Crippen molar-refractivity contribution >= 4 is 20.9 Å². The molecule has 0 radical (unpaired) electrons. The number of nitrogens with one attached hydrogen (secondary N) is 1. The molecule has 1 heterocycles. The molecule has 1 saturated heterocycles. The first-order valence-corrected chi connectivity index (χ1v) is 8.18. The zero-order valence-electron chi connectivity index (χ0n) is 11.2. The molecule has 2 N–H and O–H groups in total. The van der Waals surface area contributed by atoms with Crippen molar-refractivity contribution in [3.63, 3.8) is 0 Å². The van der Waals surface area contributed by atoms with Gasteiger partial charge in [-0.1, -0.05) is 36.8 Å². The van der Waals surface area contributed by atoms with E-state index in [4.69, 9.17) is 4.55 Å². The van der Waals surface area contributed by atoms with Crippen LogP contribution in [0.4, 0.5) is 0 Å². The molecule has 0 amide bonds. The average molecular weight is 293 g/mol. The smallest absolute Gasteiger partial charge is 0.294 e. The first-order chi connectivity index (χ1) is 9.57. The topological polar surface area (TPSA) is 66.4 Å². The van der Waals surface area contributed by atoms with Crippen LogP contribution in [0.1, 0.15) is 19.3 Å². The van der Waals surface area contributed by atoms with Crippen LogP contribution in [0.5, 0.6) is 0 Å². The molecule has 0 unspecified atom stereocenters. The predicted molar refractivity (Wildman–Crippen MR) is 80.5 cm³/mol. The van der Waals surface area contributed by atoms with Gasteiger partial charge in [-0.3, -0.25) is 4.55 Å². The Kier molecular flexibility index (Phi) is 5.11. The van der Waals surface area contributed by atoms with Gasteiger partial charge in [-0.05, 0) is 48.8 Å².